The Bertz CT molecular complexity index is 175. The van der Waals surface area contributed by atoms with Crippen molar-refractivity contribution in [1.82, 2.24) is 0 Å². The molecule has 4 nitrogen and oxygen atoms in total. The summed E-state index contributed by atoms with van der Waals surface area (Å²) >= 11 is 0. The molecular weight excluding hydrogens is 184 g/mol. The Hall–Kier alpha value is -0.610. The number of carbonyl (C=O) groups is 1. The number of ether oxygens (including phenoxy) is 3. The minimum Gasteiger partial charge on any atom is -0.462 e. The summed E-state index contributed by atoms with van der Waals surface area (Å²) in [5.41, 5.74) is 0. The smallest absolute Gasteiger partial charge is 0.306 e. The van der Waals surface area contributed by atoms with E-state index in [1.165, 1.54) is 0 Å². The molecule has 1 aliphatic rings. The fourth-order valence-corrected chi connectivity index (χ4v) is 1.52. The van der Waals surface area contributed by atoms with Crippen LogP contribution in [-0.4, -0.2) is 31.6 Å². The molecule has 1 atom stereocenters. The topological polar surface area (TPSA) is 44.8 Å². The van der Waals surface area contributed by atoms with Gasteiger partial charge in [-0.05, 0) is 20.3 Å². The first kappa shape index (κ1) is 11.5. The molecular formula is C10H18O4. The summed E-state index contributed by atoms with van der Waals surface area (Å²) in [6.07, 6.45) is 1.70. The Labute approximate surface area is 84.5 Å². The lowest BCUT2D eigenvalue weighted by atomic mass is 10.2. The van der Waals surface area contributed by atoms with Gasteiger partial charge in [0.05, 0.1) is 0 Å². The molecule has 0 aromatic rings. The standard InChI is InChI=1S/C10H18O4/c1-3-12-10(13-4-2)7-8-5-6-9(11)14-8/h8,10H,3-7H2,1-2H3. The van der Waals surface area contributed by atoms with E-state index >= 15 is 0 Å². The molecule has 14 heavy (non-hydrogen) atoms. The van der Waals surface area contributed by atoms with Gasteiger partial charge in [-0.2, -0.15) is 0 Å². The van der Waals surface area contributed by atoms with Crippen molar-refractivity contribution in [2.24, 2.45) is 0 Å². The summed E-state index contributed by atoms with van der Waals surface area (Å²) in [5, 5.41) is 0. The van der Waals surface area contributed by atoms with Crippen molar-refractivity contribution in [2.45, 2.75) is 45.5 Å². The van der Waals surface area contributed by atoms with Crippen LogP contribution in [0, 0.1) is 0 Å². The molecule has 0 saturated carbocycles. The van der Waals surface area contributed by atoms with Gasteiger partial charge in [0.25, 0.3) is 0 Å². The van der Waals surface area contributed by atoms with Gasteiger partial charge in [0.2, 0.25) is 0 Å². The highest BCUT2D eigenvalue weighted by Gasteiger charge is 2.26. The minimum atomic E-state index is -0.235. The molecule has 0 aliphatic carbocycles. The van der Waals surface area contributed by atoms with Gasteiger partial charge in [0, 0.05) is 26.1 Å². The number of rotatable bonds is 6. The van der Waals surface area contributed by atoms with Crippen LogP contribution < -0.4 is 0 Å². The predicted molar refractivity (Wildman–Crippen MR) is 50.8 cm³/mol. The van der Waals surface area contributed by atoms with Crippen LogP contribution in [0.25, 0.3) is 0 Å². The average molecular weight is 202 g/mol. The van der Waals surface area contributed by atoms with E-state index in [1.807, 2.05) is 13.8 Å². The summed E-state index contributed by atoms with van der Waals surface area (Å²) in [7, 11) is 0. The lowest BCUT2D eigenvalue weighted by Crippen LogP contribution is -2.23. The Balaban J connectivity index is 2.27. The fourth-order valence-electron chi connectivity index (χ4n) is 1.52. The first-order valence-electron chi connectivity index (χ1n) is 5.19. The Morgan fingerprint density at radius 3 is 2.50 bits per heavy atom. The number of hydrogen-bond acceptors (Lipinski definition) is 4. The first-order valence-corrected chi connectivity index (χ1v) is 5.19. The third kappa shape index (κ3) is 3.64. The van der Waals surface area contributed by atoms with Crippen LogP contribution in [0.4, 0.5) is 0 Å². The monoisotopic (exact) mass is 202 g/mol. The maximum atomic E-state index is 10.8. The Kier molecular flexibility index (Phi) is 4.90. The van der Waals surface area contributed by atoms with Crippen LogP contribution >= 0.6 is 0 Å². The second-order valence-corrected chi connectivity index (χ2v) is 3.23. The maximum absolute atomic E-state index is 10.8. The highest BCUT2D eigenvalue weighted by Crippen LogP contribution is 2.19. The van der Waals surface area contributed by atoms with Gasteiger partial charge in [-0.25, -0.2) is 0 Å². The van der Waals surface area contributed by atoms with Crippen LogP contribution in [0.15, 0.2) is 0 Å². The van der Waals surface area contributed by atoms with Crippen LogP contribution in [-0.2, 0) is 19.0 Å². The molecule has 1 heterocycles. The van der Waals surface area contributed by atoms with E-state index in [1.54, 1.807) is 0 Å². The van der Waals surface area contributed by atoms with E-state index in [0.29, 0.717) is 26.1 Å². The molecule has 0 aromatic heterocycles. The van der Waals surface area contributed by atoms with Crippen molar-refractivity contribution in [3.05, 3.63) is 0 Å². The van der Waals surface area contributed by atoms with E-state index in [4.69, 9.17) is 14.2 Å². The van der Waals surface area contributed by atoms with Crippen LogP contribution in [0.3, 0.4) is 0 Å². The van der Waals surface area contributed by atoms with E-state index < -0.39 is 0 Å². The summed E-state index contributed by atoms with van der Waals surface area (Å²) < 4.78 is 15.8. The van der Waals surface area contributed by atoms with Crippen LogP contribution in [0.5, 0.6) is 0 Å². The first-order chi connectivity index (χ1) is 6.76. The minimum absolute atomic E-state index is 0.0226. The van der Waals surface area contributed by atoms with Crippen LogP contribution in [0.2, 0.25) is 0 Å². The molecule has 82 valence electrons. The molecule has 0 amide bonds. The zero-order valence-electron chi connectivity index (χ0n) is 8.82. The van der Waals surface area contributed by atoms with Gasteiger partial charge >= 0.3 is 5.97 Å². The SMILES string of the molecule is CCOC(CC1CCC(=O)O1)OCC. The second-order valence-electron chi connectivity index (χ2n) is 3.23. The molecule has 0 aromatic carbocycles. The third-order valence-electron chi connectivity index (χ3n) is 2.13. The second kappa shape index (κ2) is 5.98. The third-order valence-corrected chi connectivity index (χ3v) is 2.13. The van der Waals surface area contributed by atoms with E-state index in [0.717, 1.165) is 6.42 Å². The van der Waals surface area contributed by atoms with Crippen molar-refractivity contribution in [1.29, 1.82) is 0 Å². The van der Waals surface area contributed by atoms with Gasteiger partial charge < -0.3 is 14.2 Å². The molecule has 1 fully saturated rings. The molecule has 4 heteroatoms. The Morgan fingerprint density at radius 2 is 2.07 bits per heavy atom. The van der Waals surface area contributed by atoms with Crippen molar-refractivity contribution in [3.63, 3.8) is 0 Å². The van der Waals surface area contributed by atoms with Gasteiger partial charge in [-0.1, -0.05) is 0 Å². The molecule has 0 radical (unpaired) electrons. The van der Waals surface area contributed by atoms with E-state index in [2.05, 4.69) is 0 Å². The van der Waals surface area contributed by atoms with Crippen molar-refractivity contribution >= 4 is 5.97 Å². The highest BCUT2D eigenvalue weighted by molar-refractivity contribution is 5.71. The summed E-state index contributed by atoms with van der Waals surface area (Å²) in [6, 6.07) is 0. The molecule has 1 aliphatic heterocycles. The number of carbonyl (C=O) groups excluding carboxylic acids is 1. The molecule has 0 bridgehead atoms. The molecule has 1 rings (SSSR count). The van der Waals surface area contributed by atoms with Gasteiger partial charge in [-0.15, -0.1) is 0 Å². The zero-order valence-corrected chi connectivity index (χ0v) is 8.82. The zero-order chi connectivity index (χ0) is 10.4. The maximum Gasteiger partial charge on any atom is 0.306 e. The van der Waals surface area contributed by atoms with Crippen molar-refractivity contribution in [3.8, 4) is 0 Å². The number of esters is 1. The van der Waals surface area contributed by atoms with Crippen LogP contribution in [0.1, 0.15) is 33.1 Å². The summed E-state index contributed by atoms with van der Waals surface area (Å²) in [5.74, 6) is -0.109. The van der Waals surface area contributed by atoms with Gasteiger partial charge in [0.15, 0.2) is 6.29 Å². The molecule has 1 saturated heterocycles. The van der Waals surface area contributed by atoms with E-state index in [9.17, 15) is 4.79 Å². The lowest BCUT2D eigenvalue weighted by molar-refractivity contribution is -0.161. The molecule has 0 N–H and O–H groups in total. The summed E-state index contributed by atoms with van der Waals surface area (Å²) in [6.45, 7) is 5.08. The quantitative estimate of drug-likeness (QED) is 0.483. The van der Waals surface area contributed by atoms with E-state index in [-0.39, 0.29) is 18.4 Å². The summed E-state index contributed by atoms with van der Waals surface area (Å²) in [4.78, 5) is 10.8. The number of hydrogen-bond donors (Lipinski definition) is 0. The lowest BCUT2D eigenvalue weighted by Gasteiger charge is -2.19. The van der Waals surface area contributed by atoms with Gasteiger partial charge in [-0.3, -0.25) is 4.79 Å². The average Bonchev–Trinajstić information content (AvgIpc) is 2.52. The number of cyclic esters (lactones) is 1. The predicted octanol–water partition coefficient (Wildman–Crippen LogP) is 1.48. The fraction of sp³-hybridized carbons (Fsp3) is 0.900. The normalized spacial score (nSPS) is 21.6. The van der Waals surface area contributed by atoms with Crippen molar-refractivity contribution in [2.75, 3.05) is 13.2 Å². The highest BCUT2D eigenvalue weighted by atomic mass is 16.7. The largest absolute Gasteiger partial charge is 0.462 e. The van der Waals surface area contributed by atoms with Gasteiger partial charge in [0.1, 0.15) is 6.10 Å². The molecule has 1 unspecified atom stereocenters. The Morgan fingerprint density at radius 1 is 1.43 bits per heavy atom. The van der Waals surface area contributed by atoms with Crippen molar-refractivity contribution < 1.29 is 19.0 Å². The molecule has 0 spiro atoms.